The van der Waals surface area contributed by atoms with E-state index in [-0.39, 0.29) is 22.9 Å². The molecule has 2 aromatic carbocycles. The maximum Gasteiger partial charge on any atom is 0.434 e. The molecule has 0 amide bonds. The van der Waals surface area contributed by atoms with Gasteiger partial charge in [-0.2, -0.15) is 13.2 Å². The highest BCUT2D eigenvalue weighted by Crippen LogP contribution is 2.31. The summed E-state index contributed by atoms with van der Waals surface area (Å²) < 4.78 is 69.7. The third-order valence-corrected chi connectivity index (χ3v) is 5.97. The minimum atomic E-state index is -4.69. The second kappa shape index (κ2) is 9.36. The molecular formula is C22H21F3N2O5S. The van der Waals surface area contributed by atoms with Crippen LogP contribution < -0.4 is 0 Å². The SMILES string of the molecule is CCOC(=O)Cc1nc(C(F)(F)F)cn1-c1ccc(-c2ccc(CO)c(S(C)(=O)=O)c2)cc1. The number of halogens is 3. The van der Waals surface area contributed by atoms with E-state index < -0.39 is 40.7 Å². The Morgan fingerprint density at radius 2 is 1.76 bits per heavy atom. The Bertz CT molecular complexity index is 1270. The van der Waals surface area contributed by atoms with Gasteiger partial charge in [-0.05, 0) is 41.8 Å². The van der Waals surface area contributed by atoms with Crippen molar-refractivity contribution in [3.05, 3.63) is 65.7 Å². The lowest BCUT2D eigenvalue weighted by molar-refractivity contribution is -0.143. The van der Waals surface area contributed by atoms with Crippen LogP contribution in [0, 0.1) is 0 Å². The summed E-state index contributed by atoms with van der Waals surface area (Å²) in [6.07, 6.45) is -3.28. The number of rotatable bonds is 7. The van der Waals surface area contributed by atoms with Crippen molar-refractivity contribution in [2.45, 2.75) is 31.0 Å². The fraction of sp³-hybridized carbons (Fsp3) is 0.273. The molecule has 7 nitrogen and oxygen atoms in total. The molecule has 1 N–H and O–H groups in total. The van der Waals surface area contributed by atoms with Gasteiger partial charge in [-0.25, -0.2) is 13.4 Å². The first-order valence-corrected chi connectivity index (χ1v) is 11.7. The van der Waals surface area contributed by atoms with Crippen LogP contribution in [0.25, 0.3) is 16.8 Å². The van der Waals surface area contributed by atoms with Crippen LogP contribution in [0.2, 0.25) is 0 Å². The number of hydrogen-bond acceptors (Lipinski definition) is 6. The highest BCUT2D eigenvalue weighted by atomic mass is 32.2. The van der Waals surface area contributed by atoms with Gasteiger partial charge in [0.05, 0.1) is 18.1 Å². The van der Waals surface area contributed by atoms with Crippen LogP contribution in [-0.2, 0) is 38.6 Å². The van der Waals surface area contributed by atoms with E-state index in [1.165, 1.54) is 28.8 Å². The minimum Gasteiger partial charge on any atom is -0.466 e. The van der Waals surface area contributed by atoms with E-state index in [0.717, 1.165) is 12.5 Å². The van der Waals surface area contributed by atoms with Gasteiger partial charge in [0.25, 0.3) is 0 Å². The molecule has 0 aliphatic heterocycles. The number of aliphatic hydroxyl groups excluding tert-OH is 1. The number of aliphatic hydroxyl groups is 1. The second-order valence-corrected chi connectivity index (χ2v) is 9.18. The summed E-state index contributed by atoms with van der Waals surface area (Å²) in [5.74, 6) is -0.827. The van der Waals surface area contributed by atoms with E-state index in [0.29, 0.717) is 16.8 Å². The topological polar surface area (TPSA) is 98.5 Å². The summed E-state index contributed by atoms with van der Waals surface area (Å²) in [4.78, 5) is 15.4. The van der Waals surface area contributed by atoms with Gasteiger partial charge in [0.15, 0.2) is 15.5 Å². The summed E-state index contributed by atoms with van der Waals surface area (Å²) >= 11 is 0. The number of nitrogens with zero attached hydrogens (tertiary/aromatic N) is 2. The van der Waals surface area contributed by atoms with Crippen LogP contribution in [0.5, 0.6) is 0 Å². The Morgan fingerprint density at radius 1 is 1.12 bits per heavy atom. The summed E-state index contributed by atoms with van der Waals surface area (Å²) in [6.45, 7) is 1.24. The second-order valence-electron chi connectivity index (χ2n) is 7.19. The molecule has 1 heterocycles. The van der Waals surface area contributed by atoms with E-state index in [1.807, 2.05) is 0 Å². The molecule has 1 aromatic heterocycles. The predicted molar refractivity (Wildman–Crippen MR) is 113 cm³/mol. The minimum absolute atomic E-state index is 0.00673. The van der Waals surface area contributed by atoms with Crippen molar-refractivity contribution in [2.24, 2.45) is 0 Å². The van der Waals surface area contributed by atoms with E-state index in [2.05, 4.69) is 4.98 Å². The van der Waals surface area contributed by atoms with Crippen molar-refractivity contribution < 1.29 is 36.2 Å². The van der Waals surface area contributed by atoms with Crippen molar-refractivity contribution in [3.8, 4) is 16.8 Å². The molecule has 0 aliphatic rings. The molecule has 0 saturated heterocycles. The van der Waals surface area contributed by atoms with Gasteiger partial charge in [0, 0.05) is 18.1 Å². The van der Waals surface area contributed by atoms with E-state index in [4.69, 9.17) is 4.74 Å². The fourth-order valence-electron chi connectivity index (χ4n) is 3.27. The molecule has 0 saturated carbocycles. The summed E-state index contributed by atoms with van der Waals surface area (Å²) in [7, 11) is -3.58. The number of hydrogen-bond donors (Lipinski definition) is 1. The first-order chi connectivity index (χ1) is 15.4. The zero-order chi connectivity index (χ0) is 24.4. The van der Waals surface area contributed by atoms with Crippen molar-refractivity contribution in [2.75, 3.05) is 12.9 Å². The van der Waals surface area contributed by atoms with Crippen LogP contribution in [-0.4, -0.2) is 41.9 Å². The van der Waals surface area contributed by atoms with Crippen LogP contribution >= 0.6 is 0 Å². The summed E-state index contributed by atoms with van der Waals surface area (Å²) in [5, 5.41) is 9.40. The Morgan fingerprint density at radius 3 is 2.30 bits per heavy atom. The highest BCUT2D eigenvalue weighted by molar-refractivity contribution is 7.90. The fourth-order valence-corrected chi connectivity index (χ4v) is 4.22. The molecule has 0 atom stereocenters. The largest absolute Gasteiger partial charge is 0.466 e. The lowest BCUT2D eigenvalue weighted by Gasteiger charge is -2.11. The van der Waals surface area contributed by atoms with Crippen molar-refractivity contribution in [1.82, 2.24) is 9.55 Å². The number of sulfone groups is 1. The Hall–Kier alpha value is -3.18. The van der Waals surface area contributed by atoms with E-state index >= 15 is 0 Å². The Labute approximate surface area is 188 Å². The van der Waals surface area contributed by atoms with Gasteiger partial charge in [-0.3, -0.25) is 4.79 Å². The average Bonchev–Trinajstić information content (AvgIpc) is 3.17. The Kier molecular flexibility index (Phi) is 6.94. The number of ether oxygens (including phenoxy) is 1. The van der Waals surface area contributed by atoms with Gasteiger partial charge >= 0.3 is 12.1 Å². The Balaban J connectivity index is 2.01. The third kappa shape index (κ3) is 5.60. The molecule has 0 fully saturated rings. The molecule has 0 unspecified atom stereocenters. The normalized spacial score (nSPS) is 12.1. The number of carbonyl (C=O) groups is 1. The van der Waals surface area contributed by atoms with Gasteiger partial charge < -0.3 is 14.4 Å². The van der Waals surface area contributed by atoms with E-state index in [9.17, 15) is 31.5 Å². The predicted octanol–water partition coefficient (Wildman–Crippen LogP) is 3.56. The standard InChI is InChI=1S/C22H21F3N2O5S/c1-3-32-21(29)11-20-26-19(22(23,24)25)12-27(20)17-8-6-14(7-9-17)15-4-5-16(13-28)18(10-15)33(2,30)31/h4-10,12,28H,3,11,13H2,1-2H3. The van der Waals surface area contributed by atoms with Crippen LogP contribution in [0.4, 0.5) is 13.2 Å². The third-order valence-electron chi connectivity index (χ3n) is 4.79. The molecule has 0 spiro atoms. The number of esters is 1. The monoisotopic (exact) mass is 482 g/mol. The molecule has 3 rings (SSSR count). The molecule has 3 aromatic rings. The van der Waals surface area contributed by atoms with Crippen molar-refractivity contribution in [3.63, 3.8) is 0 Å². The average molecular weight is 482 g/mol. The molecular weight excluding hydrogens is 461 g/mol. The highest BCUT2D eigenvalue weighted by Gasteiger charge is 2.35. The molecule has 11 heteroatoms. The van der Waals surface area contributed by atoms with Gasteiger partial charge in [0.2, 0.25) is 0 Å². The first kappa shape index (κ1) is 24.5. The van der Waals surface area contributed by atoms with Gasteiger partial charge in [-0.1, -0.05) is 24.3 Å². The molecule has 176 valence electrons. The zero-order valence-corrected chi connectivity index (χ0v) is 18.6. The number of imidazole rings is 1. The molecule has 33 heavy (non-hydrogen) atoms. The molecule has 0 bridgehead atoms. The lowest BCUT2D eigenvalue weighted by Crippen LogP contribution is -2.12. The summed E-state index contributed by atoms with van der Waals surface area (Å²) in [5.41, 5.74) is 0.614. The maximum absolute atomic E-state index is 13.2. The van der Waals surface area contributed by atoms with Crippen molar-refractivity contribution in [1.29, 1.82) is 0 Å². The molecule has 0 aliphatic carbocycles. The quantitative estimate of drug-likeness (QED) is 0.517. The maximum atomic E-state index is 13.2. The zero-order valence-electron chi connectivity index (χ0n) is 17.8. The van der Waals surface area contributed by atoms with Crippen LogP contribution in [0.15, 0.2) is 53.6 Å². The smallest absolute Gasteiger partial charge is 0.434 e. The van der Waals surface area contributed by atoms with E-state index in [1.54, 1.807) is 25.1 Å². The van der Waals surface area contributed by atoms with Gasteiger partial charge in [-0.15, -0.1) is 0 Å². The van der Waals surface area contributed by atoms with Gasteiger partial charge in [0.1, 0.15) is 12.2 Å². The number of carbonyl (C=O) groups excluding carboxylic acids is 1. The number of benzene rings is 2. The molecule has 0 radical (unpaired) electrons. The first-order valence-electron chi connectivity index (χ1n) is 9.79. The van der Waals surface area contributed by atoms with Crippen molar-refractivity contribution >= 4 is 15.8 Å². The summed E-state index contributed by atoms with van der Waals surface area (Å²) in [6, 6.07) is 10.9. The van der Waals surface area contributed by atoms with Crippen LogP contribution in [0.3, 0.4) is 0 Å². The number of alkyl halides is 3. The van der Waals surface area contributed by atoms with Crippen LogP contribution in [0.1, 0.15) is 24.0 Å². The number of aromatic nitrogens is 2. The lowest BCUT2D eigenvalue weighted by atomic mass is 10.0.